The summed E-state index contributed by atoms with van der Waals surface area (Å²) in [4.78, 5) is 13.9. The number of benzene rings is 1. The van der Waals surface area contributed by atoms with Gasteiger partial charge in [-0.1, -0.05) is 12.1 Å². The van der Waals surface area contributed by atoms with Crippen molar-refractivity contribution in [2.45, 2.75) is 18.9 Å². The molecule has 1 aromatic carbocycles. The van der Waals surface area contributed by atoms with E-state index in [0.717, 1.165) is 28.5 Å². The molecule has 1 atom stereocenters. The molecule has 4 heteroatoms. The van der Waals surface area contributed by atoms with Crippen molar-refractivity contribution in [1.29, 1.82) is 0 Å². The number of hydrogen-bond donors (Lipinski definition) is 1. The summed E-state index contributed by atoms with van der Waals surface area (Å²) in [6.07, 6.45) is 1.32. The van der Waals surface area contributed by atoms with Crippen LogP contribution in [0.5, 0.6) is 0 Å². The fourth-order valence-corrected chi connectivity index (χ4v) is 2.56. The van der Waals surface area contributed by atoms with Gasteiger partial charge in [0.25, 0.3) is 5.91 Å². The van der Waals surface area contributed by atoms with Crippen LogP contribution < -0.4 is 0 Å². The third-order valence-corrected chi connectivity index (χ3v) is 3.73. The van der Waals surface area contributed by atoms with Gasteiger partial charge in [-0.05, 0) is 47.6 Å². The lowest BCUT2D eigenvalue weighted by Crippen LogP contribution is -2.42. The second-order valence-electron chi connectivity index (χ2n) is 4.03. The SMILES string of the molecule is O=C(c1ccccc1I)N1CCCC(O)C1. The normalized spacial score (nSPS) is 20.9. The number of carbonyl (C=O) groups excluding carboxylic acids is 1. The van der Waals surface area contributed by atoms with E-state index in [0.29, 0.717) is 6.54 Å². The van der Waals surface area contributed by atoms with Crippen LogP contribution in [0.15, 0.2) is 24.3 Å². The van der Waals surface area contributed by atoms with Crippen LogP contribution in [0.25, 0.3) is 0 Å². The van der Waals surface area contributed by atoms with Gasteiger partial charge in [0.2, 0.25) is 0 Å². The minimum Gasteiger partial charge on any atom is -0.391 e. The van der Waals surface area contributed by atoms with Gasteiger partial charge < -0.3 is 10.0 Å². The number of hydrogen-bond acceptors (Lipinski definition) is 2. The van der Waals surface area contributed by atoms with Crippen molar-refractivity contribution in [2.24, 2.45) is 0 Å². The van der Waals surface area contributed by atoms with E-state index in [1.807, 2.05) is 24.3 Å². The molecule has 0 spiro atoms. The average Bonchev–Trinajstić information content (AvgIpc) is 2.29. The number of carbonyl (C=O) groups is 1. The Hall–Kier alpha value is -0.620. The zero-order valence-electron chi connectivity index (χ0n) is 8.90. The maximum absolute atomic E-state index is 12.2. The number of likely N-dealkylation sites (tertiary alicyclic amines) is 1. The zero-order chi connectivity index (χ0) is 11.5. The summed E-state index contributed by atoms with van der Waals surface area (Å²) in [7, 11) is 0. The molecule has 1 fully saturated rings. The summed E-state index contributed by atoms with van der Waals surface area (Å²) >= 11 is 2.17. The van der Waals surface area contributed by atoms with Gasteiger partial charge in [0.05, 0.1) is 11.7 Å². The van der Waals surface area contributed by atoms with E-state index in [1.54, 1.807) is 4.90 Å². The first-order chi connectivity index (χ1) is 7.68. The number of piperidine rings is 1. The van der Waals surface area contributed by atoms with E-state index >= 15 is 0 Å². The third kappa shape index (κ3) is 2.55. The predicted molar refractivity (Wildman–Crippen MR) is 70.3 cm³/mol. The molecule has 1 saturated heterocycles. The lowest BCUT2D eigenvalue weighted by atomic mass is 10.1. The lowest BCUT2D eigenvalue weighted by Gasteiger charge is -2.30. The number of amides is 1. The van der Waals surface area contributed by atoms with Crippen LogP contribution in [0.3, 0.4) is 0 Å². The van der Waals surface area contributed by atoms with Crippen molar-refractivity contribution in [3.8, 4) is 0 Å². The quantitative estimate of drug-likeness (QED) is 0.799. The van der Waals surface area contributed by atoms with Crippen molar-refractivity contribution in [1.82, 2.24) is 4.90 Å². The smallest absolute Gasteiger partial charge is 0.255 e. The van der Waals surface area contributed by atoms with Crippen molar-refractivity contribution in [3.63, 3.8) is 0 Å². The van der Waals surface area contributed by atoms with E-state index in [1.165, 1.54) is 0 Å². The largest absolute Gasteiger partial charge is 0.391 e. The summed E-state index contributed by atoms with van der Waals surface area (Å²) in [6.45, 7) is 1.21. The Morgan fingerprint density at radius 2 is 2.19 bits per heavy atom. The lowest BCUT2D eigenvalue weighted by molar-refractivity contribution is 0.0473. The fraction of sp³-hybridized carbons (Fsp3) is 0.417. The molecule has 1 aliphatic rings. The Balaban J connectivity index is 2.16. The van der Waals surface area contributed by atoms with E-state index < -0.39 is 0 Å². The third-order valence-electron chi connectivity index (χ3n) is 2.79. The Bertz CT molecular complexity index is 394. The molecule has 1 unspecified atom stereocenters. The molecule has 1 aliphatic heterocycles. The summed E-state index contributed by atoms with van der Waals surface area (Å²) in [5.41, 5.74) is 0.734. The van der Waals surface area contributed by atoms with Gasteiger partial charge in [-0.2, -0.15) is 0 Å². The molecule has 1 amide bonds. The standard InChI is InChI=1S/C12H14INO2/c13-11-6-2-1-5-10(11)12(16)14-7-3-4-9(15)8-14/h1-2,5-6,9,15H,3-4,7-8H2. The van der Waals surface area contributed by atoms with E-state index in [9.17, 15) is 9.90 Å². The highest BCUT2D eigenvalue weighted by Crippen LogP contribution is 2.17. The van der Waals surface area contributed by atoms with Gasteiger partial charge in [0.1, 0.15) is 0 Å². The molecule has 0 aromatic heterocycles. The van der Waals surface area contributed by atoms with E-state index in [4.69, 9.17) is 0 Å². The summed E-state index contributed by atoms with van der Waals surface area (Å²) < 4.78 is 0.963. The second-order valence-corrected chi connectivity index (χ2v) is 5.19. The molecule has 0 radical (unpaired) electrons. The first-order valence-corrected chi connectivity index (χ1v) is 6.48. The molecule has 86 valence electrons. The highest BCUT2D eigenvalue weighted by Gasteiger charge is 2.23. The monoisotopic (exact) mass is 331 g/mol. The molecule has 1 N–H and O–H groups in total. The number of rotatable bonds is 1. The van der Waals surface area contributed by atoms with Crippen LogP contribution in [-0.2, 0) is 0 Å². The first kappa shape index (κ1) is 11.9. The van der Waals surface area contributed by atoms with Gasteiger partial charge in [0, 0.05) is 16.7 Å². The van der Waals surface area contributed by atoms with Gasteiger partial charge >= 0.3 is 0 Å². The van der Waals surface area contributed by atoms with Crippen LogP contribution in [0.2, 0.25) is 0 Å². The van der Waals surface area contributed by atoms with E-state index in [-0.39, 0.29) is 12.0 Å². The van der Waals surface area contributed by atoms with Crippen LogP contribution in [-0.4, -0.2) is 35.1 Å². The highest BCUT2D eigenvalue weighted by molar-refractivity contribution is 14.1. The zero-order valence-corrected chi connectivity index (χ0v) is 11.1. The number of β-amino-alcohol motifs (C(OH)–C–C–N with tert-alkyl or cyclic N) is 1. The summed E-state index contributed by atoms with van der Waals surface area (Å²) in [6, 6.07) is 7.55. The molecule has 16 heavy (non-hydrogen) atoms. The van der Waals surface area contributed by atoms with Crippen molar-refractivity contribution in [2.75, 3.05) is 13.1 Å². The van der Waals surface area contributed by atoms with Crippen LogP contribution in [0, 0.1) is 3.57 Å². The van der Waals surface area contributed by atoms with Crippen LogP contribution >= 0.6 is 22.6 Å². The van der Waals surface area contributed by atoms with Gasteiger partial charge in [-0.15, -0.1) is 0 Å². The van der Waals surface area contributed by atoms with Gasteiger partial charge in [-0.3, -0.25) is 4.79 Å². The van der Waals surface area contributed by atoms with Crippen molar-refractivity contribution >= 4 is 28.5 Å². The fourth-order valence-electron chi connectivity index (χ4n) is 1.94. The van der Waals surface area contributed by atoms with Crippen molar-refractivity contribution in [3.05, 3.63) is 33.4 Å². The minimum absolute atomic E-state index is 0.0313. The number of aliphatic hydroxyl groups excluding tert-OH is 1. The molecular formula is C12H14INO2. The van der Waals surface area contributed by atoms with E-state index in [2.05, 4.69) is 22.6 Å². The number of aliphatic hydroxyl groups is 1. The molecule has 1 heterocycles. The predicted octanol–water partition coefficient (Wildman–Crippen LogP) is 1.89. The minimum atomic E-state index is -0.362. The molecule has 2 rings (SSSR count). The van der Waals surface area contributed by atoms with Crippen LogP contribution in [0.1, 0.15) is 23.2 Å². The first-order valence-electron chi connectivity index (χ1n) is 5.40. The maximum Gasteiger partial charge on any atom is 0.255 e. The second kappa shape index (κ2) is 5.14. The average molecular weight is 331 g/mol. The molecule has 0 aliphatic carbocycles. The summed E-state index contributed by atoms with van der Waals surface area (Å²) in [5.74, 6) is 0.0313. The maximum atomic E-state index is 12.2. The van der Waals surface area contributed by atoms with Gasteiger partial charge in [-0.25, -0.2) is 0 Å². The molecule has 1 aromatic rings. The molecule has 0 bridgehead atoms. The Labute approximate surface area is 109 Å². The topological polar surface area (TPSA) is 40.5 Å². The highest BCUT2D eigenvalue weighted by atomic mass is 127. The van der Waals surface area contributed by atoms with Crippen LogP contribution in [0.4, 0.5) is 0 Å². The van der Waals surface area contributed by atoms with Crippen molar-refractivity contribution < 1.29 is 9.90 Å². The molecule has 3 nitrogen and oxygen atoms in total. The number of nitrogens with zero attached hydrogens (tertiary/aromatic N) is 1. The number of halogens is 1. The molecule has 0 saturated carbocycles. The Kier molecular flexibility index (Phi) is 3.81. The Morgan fingerprint density at radius 3 is 2.88 bits per heavy atom. The summed E-state index contributed by atoms with van der Waals surface area (Å²) in [5, 5.41) is 9.55. The molecular weight excluding hydrogens is 317 g/mol. The Morgan fingerprint density at radius 1 is 1.44 bits per heavy atom. The van der Waals surface area contributed by atoms with Gasteiger partial charge in [0.15, 0.2) is 0 Å².